The molecule has 0 aliphatic carbocycles. The van der Waals surface area contributed by atoms with Crippen molar-refractivity contribution in [3.05, 3.63) is 24.7 Å². The first-order valence-corrected chi connectivity index (χ1v) is 16.9. The van der Waals surface area contributed by atoms with Crippen LogP contribution in [0.1, 0.15) is 153 Å². The molecule has 0 unspecified atom stereocenters. The smallest absolute Gasteiger partial charge is 0.101 e. The first kappa shape index (κ1) is 35.2. The Morgan fingerprint density at radius 1 is 0.625 bits per heavy atom. The van der Waals surface area contributed by atoms with Gasteiger partial charge in [0.25, 0.3) is 0 Å². The normalized spacial score (nSPS) is 23.8. The molecule has 2 saturated heterocycles. The zero-order valence-corrected chi connectivity index (χ0v) is 28.5. The monoisotopic (exact) mass is 561 g/mol. The SMILES string of the molecule is CCCN1C(C)(C)CC(C=COCCCCCCCCC=COC2CC(C)(C)N(CCC)C(C)(C)C2)CC1(C)C. The molecule has 0 saturated carbocycles. The van der Waals surface area contributed by atoms with Crippen LogP contribution in [0.2, 0.25) is 0 Å². The molecule has 40 heavy (non-hydrogen) atoms. The number of nitrogens with zero attached hydrogens (tertiary/aromatic N) is 2. The largest absolute Gasteiger partial charge is 0.502 e. The molecule has 0 aromatic rings. The molecular formula is C36H68N2O2. The van der Waals surface area contributed by atoms with Gasteiger partial charge in [-0.2, -0.15) is 0 Å². The number of unbranched alkanes of at least 4 members (excludes halogenated alkanes) is 6. The van der Waals surface area contributed by atoms with Gasteiger partial charge in [-0.3, -0.25) is 9.80 Å². The molecule has 4 nitrogen and oxygen atoms in total. The third kappa shape index (κ3) is 11.0. The molecule has 0 amide bonds. The van der Waals surface area contributed by atoms with Crippen molar-refractivity contribution in [3.8, 4) is 0 Å². The van der Waals surface area contributed by atoms with Crippen LogP contribution >= 0.6 is 0 Å². The minimum absolute atomic E-state index is 0.192. The Morgan fingerprint density at radius 3 is 1.62 bits per heavy atom. The third-order valence-corrected chi connectivity index (χ3v) is 9.49. The van der Waals surface area contributed by atoms with E-state index in [-0.39, 0.29) is 22.2 Å². The van der Waals surface area contributed by atoms with Crippen LogP contribution in [-0.4, -0.2) is 57.8 Å². The molecule has 0 N–H and O–H groups in total. The van der Waals surface area contributed by atoms with Crippen LogP contribution in [0.5, 0.6) is 0 Å². The van der Waals surface area contributed by atoms with Gasteiger partial charge >= 0.3 is 0 Å². The fourth-order valence-electron chi connectivity index (χ4n) is 8.14. The second kappa shape index (κ2) is 16.0. The van der Waals surface area contributed by atoms with Crippen molar-refractivity contribution < 1.29 is 9.47 Å². The summed E-state index contributed by atoms with van der Waals surface area (Å²) in [5, 5.41) is 0. The summed E-state index contributed by atoms with van der Waals surface area (Å²) in [5.41, 5.74) is 0.877. The topological polar surface area (TPSA) is 24.9 Å². The van der Waals surface area contributed by atoms with Gasteiger partial charge in [-0.15, -0.1) is 0 Å². The van der Waals surface area contributed by atoms with Gasteiger partial charge in [0.2, 0.25) is 0 Å². The quantitative estimate of drug-likeness (QED) is 0.130. The second-order valence-corrected chi connectivity index (χ2v) is 15.4. The van der Waals surface area contributed by atoms with E-state index in [0.717, 1.165) is 32.3 Å². The first-order valence-electron chi connectivity index (χ1n) is 16.9. The van der Waals surface area contributed by atoms with E-state index in [4.69, 9.17) is 9.47 Å². The van der Waals surface area contributed by atoms with Crippen molar-refractivity contribution in [1.82, 2.24) is 9.80 Å². The van der Waals surface area contributed by atoms with Crippen molar-refractivity contribution in [3.63, 3.8) is 0 Å². The van der Waals surface area contributed by atoms with Crippen LogP contribution in [0, 0.1) is 5.92 Å². The zero-order valence-electron chi connectivity index (χ0n) is 28.5. The summed E-state index contributed by atoms with van der Waals surface area (Å²) in [6, 6.07) is 0. The lowest BCUT2D eigenvalue weighted by Gasteiger charge is -2.55. The predicted molar refractivity (Wildman–Crippen MR) is 174 cm³/mol. The highest BCUT2D eigenvalue weighted by molar-refractivity contribution is 5.04. The van der Waals surface area contributed by atoms with Crippen molar-refractivity contribution in [2.75, 3.05) is 19.7 Å². The standard InChI is InChI=1S/C36H68N2O2/c1-11-22-37-33(3,4)27-31(28-34(37,5)6)21-26-39-24-19-17-15-13-14-16-18-20-25-40-32-29-35(7,8)38(23-12-2)36(9,10)30-32/h20-21,25-26,31-32H,11-19,22-24,27-30H2,1-10H3. The summed E-state index contributed by atoms with van der Waals surface area (Å²) < 4.78 is 12.1. The fourth-order valence-corrected chi connectivity index (χ4v) is 8.14. The van der Waals surface area contributed by atoms with E-state index in [1.54, 1.807) is 0 Å². The van der Waals surface area contributed by atoms with Gasteiger partial charge in [0.05, 0.1) is 19.1 Å². The maximum atomic E-state index is 6.22. The summed E-state index contributed by atoms with van der Waals surface area (Å²) in [6.07, 6.45) is 24.7. The van der Waals surface area contributed by atoms with E-state index in [2.05, 4.69) is 91.2 Å². The second-order valence-electron chi connectivity index (χ2n) is 15.4. The molecule has 2 heterocycles. The Morgan fingerprint density at radius 2 is 1.10 bits per heavy atom. The molecule has 234 valence electrons. The molecule has 2 fully saturated rings. The third-order valence-electron chi connectivity index (χ3n) is 9.49. The number of rotatable bonds is 17. The zero-order chi connectivity index (χ0) is 29.9. The van der Waals surface area contributed by atoms with Crippen LogP contribution in [0.25, 0.3) is 0 Å². The molecule has 0 radical (unpaired) electrons. The Kier molecular flexibility index (Phi) is 14.1. The fraction of sp³-hybridized carbons (Fsp3) is 0.889. The lowest BCUT2D eigenvalue weighted by molar-refractivity contribution is -0.0838. The van der Waals surface area contributed by atoms with Gasteiger partial charge in [-0.1, -0.05) is 39.5 Å². The summed E-state index contributed by atoms with van der Waals surface area (Å²) in [6.45, 7) is 27.0. The Balaban J connectivity index is 1.51. The van der Waals surface area contributed by atoms with Gasteiger partial charge in [0.1, 0.15) is 6.10 Å². The lowest BCUT2D eigenvalue weighted by atomic mass is 9.73. The summed E-state index contributed by atoms with van der Waals surface area (Å²) >= 11 is 0. The van der Waals surface area contributed by atoms with Crippen LogP contribution in [0.3, 0.4) is 0 Å². The van der Waals surface area contributed by atoms with E-state index >= 15 is 0 Å². The molecule has 0 spiro atoms. The van der Waals surface area contributed by atoms with Gasteiger partial charge in [0, 0.05) is 35.0 Å². The highest BCUT2D eigenvalue weighted by Gasteiger charge is 2.45. The maximum Gasteiger partial charge on any atom is 0.101 e. The van der Waals surface area contributed by atoms with E-state index in [1.165, 1.54) is 70.9 Å². The maximum absolute atomic E-state index is 6.22. The lowest BCUT2D eigenvalue weighted by Crippen LogP contribution is -2.62. The van der Waals surface area contributed by atoms with Crippen molar-refractivity contribution in [1.29, 1.82) is 0 Å². The van der Waals surface area contributed by atoms with E-state index in [0.29, 0.717) is 12.0 Å². The predicted octanol–water partition coefficient (Wildman–Crippen LogP) is 9.89. The molecule has 0 bridgehead atoms. The Hall–Kier alpha value is -1.00. The molecular weight excluding hydrogens is 492 g/mol. The van der Waals surface area contributed by atoms with Crippen LogP contribution in [0.4, 0.5) is 0 Å². The minimum Gasteiger partial charge on any atom is -0.502 e. The summed E-state index contributed by atoms with van der Waals surface area (Å²) in [4.78, 5) is 5.40. The molecule has 2 aliphatic heterocycles. The first-order chi connectivity index (χ1) is 18.7. The number of hydrogen-bond acceptors (Lipinski definition) is 4. The van der Waals surface area contributed by atoms with Crippen molar-refractivity contribution >= 4 is 0 Å². The van der Waals surface area contributed by atoms with E-state index in [1.807, 2.05) is 12.5 Å². The van der Waals surface area contributed by atoms with Gasteiger partial charge in [-0.05, 0) is 131 Å². The molecule has 0 aromatic heterocycles. The summed E-state index contributed by atoms with van der Waals surface area (Å²) in [5.74, 6) is 0.607. The molecule has 0 aromatic carbocycles. The van der Waals surface area contributed by atoms with Crippen LogP contribution < -0.4 is 0 Å². The molecule has 2 aliphatic rings. The minimum atomic E-state index is 0.192. The highest BCUT2D eigenvalue weighted by Crippen LogP contribution is 2.42. The van der Waals surface area contributed by atoms with Crippen molar-refractivity contribution in [2.45, 2.75) is 181 Å². The van der Waals surface area contributed by atoms with Gasteiger partial charge in [-0.25, -0.2) is 0 Å². The number of hydrogen-bond donors (Lipinski definition) is 0. The number of ether oxygens (including phenoxy) is 2. The van der Waals surface area contributed by atoms with Crippen LogP contribution in [0.15, 0.2) is 24.7 Å². The average molecular weight is 561 g/mol. The van der Waals surface area contributed by atoms with E-state index in [9.17, 15) is 0 Å². The Labute approximate surface area is 250 Å². The molecule has 0 atom stereocenters. The molecule has 2 rings (SSSR count). The Bertz CT molecular complexity index is 731. The van der Waals surface area contributed by atoms with Crippen molar-refractivity contribution in [2.24, 2.45) is 5.92 Å². The number of likely N-dealkylation sites (tertiary alicyclic amines) is 2. The van der Waals surface area contributed by atoms with Gasteiger partial charge in [0.15, 0.2) is 0 Å². The summed E-state index contributed by atoms with van der Waals surface area (Å²) in [7, 11) is 0. The number of piperidine rings is 2. The highest BCUT2D eigenvalue weighted by atomic mass is 16.5. The number of allylic oxidation sites excluding steroid dienone is 2. The molecule has 4 heteroatoms. The van der Waals surface area contributed by atoms with Crippen LogP contribution in [-0.2, 0) is 9.47 Å². The van der Waals surface area contributed by atoms with Gasteiger partial charge < -0.3 is 9.47 Å². The average Bonchev–Trinajstić information content (AvgIpc) is 2.83. The van der Waals surface area contributed by atoms with E-state index < -0.39 is 0 Å².